The van der Waals surface area contributed by atoms with Crippen LogP contribution in [0.4, 0.5) is 5.69 Å². The van der Waals surface area contributed by atoms with Crippen molar-refractivity contribution in [1.82, 2.24) is 4.90 Å². The number of rotatable bonds is 1. The average molecular weight is 307 g/mol. The van der Waals surface area contributed by atoms with Crippen LogP contribution in [-0.2, 0) is 13.1 Å². The first-order chi connectivity index (χ1) is 9.56. The van der Waals surface area contributed by atoms with Gasteiger partial charge < -0.3 is 10.6 Å². The lowest BCUT2D eigenvalue weighted by Crippen LogP contribution is -2.25. The largest absolute Gasteiger partial charge is 0.397 e. The molecule has 0 atom stereocenters. The van der Waals surface area contributed by atoms with Gasteiger partial charge in [-0.25, -0.2) is 0 Å². The Hall–Kier alpha value is -1.71. The maximum absolute atomic E-state index is 12.5. The molecular weight excluding hydrogens is 295 g/mol. The van der Waals surface area contributed by atoms with Crippen LogP contribution in [0.2, 0.25) is 10.0 Å². The Balaban J connectivity index is 1.88. The number of nitrogens with two attached hydrogens (primary N) is 1. The van der Waals surface area contributed by atoms with Crippen molar-refractivity contribution < 1.29 is 4.79 Å². The molecule has 1 aliphatic rings. The van der Waals surface area contributed by atoms with Crippen LogP contribution in [0.25, 0.3) is 0 Å². The standard InChI is InChI=1S/C15H12Cl2N2O/c16-12-5-11(6-13(18)14(12)17)15(20)19-7-9-3-1-2-4-10(9)8-19/h1-6H,7-8,18H2. The minimum absolute atomic E-state index is 0.0912. The second kappa shape index (κ2) is 5.00. The van der Waals surface area contributed by atoms with E-state index < -0.39 is 0 Å². The highest BCUT2D eigenvalue weighted by Crippen LogP contribution is 2.31. The minimum atomic E-state index is -0.0912. The molecule has 2 aromatic carbocycles. The Morgan fingerprint density at radius 1 is 1.10 bits per heavy atom. The molecule has 5 heteroatoms. The smallest absolute Gasteiger partial charge is 0.254 e. The molecule has 0 unspecified atom stereocenters. The van der Waals surface area contributed by atoms with E-state index in [1.807, 2.05) is 24.3 Å². The van der Waals surface area contributed by atoms with Crippen molar-refractivity contribution in [3.05, 3.63) is 63.1 Å². The summed E-state index contributed by atoms with van der Waals surface area (Å²) in [7, 11) is 0. The maximum Gasteiger partial charge on any atom is 0.254 e. The Labute approximate surface area is 126 Å². The molecule has 0 saturated heterocycles. The van der Waals surface area contributed by atoms with Crippen molar-refractivity contribution in [1.29, 1.82) is 0 Å². The number of nitrogens with zero attached hydrogens (tertiary/aromatic N) is 1. The van der Waals surface area contributed by atoms with Crippen LogP contribution in [0.15, 0.2) is 36.4 Å². The lowest BCUT2D eigenvalue weighted by molar-refractivity contribution is 0.0751. The first-order valence-electron chi connectivity index (χ1n) is 6.17. The number of carbonyl (C=O) groups excluding carboxylic acids is 1. The summed E-state index contributed by atoms with van der Waals surface area (Å²) < 4.78 is 0. The summed E-state index contributed by atoms with van der Waals surface area (Å²) >= 11 is 11.9. The van der Waals surface area contributed by atoms with Crippen molar-refractivity contribution in [3.8, 4) is 0 Å². The van der Waals surface area contributed by atoms with Crippen molar-refractivity contribution in [2.75, 3.05) is 5.73 Å². The van der Waals surface area contributed by atoms with Gasteiger partial charge in [-0.3, -0.25) is 4.79 Å². The van der Waals surface area contributed by atoms with E-state index in [1.54, 1.807) is 17.0 Å². The predicted octanol–water partition coefficient (Wildman–Crippen LogP) is 3.73. The number of carbonyl (C=O) groups is 1. The van der Waals surface area contributed by atoms with Gasteiger partial charge in [-0.2, -0.15) is 0 Å². The summed E-state index contributed by atoms with van der Waals surface area (Å²) in [6, 6.07) is 11.1. The highest BCUT2D eigenvalue weighted by atomic mass is 35.5. The van der Waals surface area contributed by atoms with Crippen LogP contribution in [0.1, 0.15) is 21.5 Å². The zero-order valence-electron chi connectivity index (χ0n) is 10.6. The minimum Gasteiger partial charge on any atom is -0.397 e. The fraction of sp³-hybridized carbons (Fsp3) is 0.133. The van der Waals surface area contributed by atoms with Crippen LogP contribution in [0.5, 0.6) is 0 Å². The first-order valence-corrected chi connectivity index (χ1v) is 6.92. The molecule has 3 rings (SSSR count). The van der Waals surface area contributed by atoms with Crippen molar-refractivity contribution in [2.24, 2.45) is 0 Å². The van der Waals surface area contributed by atoms with E-state index in [4.69, 9.17) is 28.9 Å². The molecule has 0 radical (unpaired) electrons. The second-order valence-corrected chi connectivity index (χ2v) is 5.58. The number of hydrogen-bond donors (Lipinski definition) is 1. The Morgan fingerprint density at radius 2 is 1.70 bits per heavy atom. The van der Waals surface area contributed by atoms with Gasteiger partial charge in [-0.05, 0) is 23.3 Å². The first kappa shape index (κ1) is 13.3. The van der Waals surface area contributed by atoms with Crippen molar-refractivity contribution >= 4 is 34.8 Å². The second-order valence-electron chi connectivity index (χ2n) is 4.79. The van der Waals surface area contributed by atoms with Crippen LogP contribution in [0, 0.1) is 0 Å². The van der Waals surface area contributed by atoms with Crippen molar-refractivity contribution in [3.63, 3.8) is 0 Å². The zero-order valence-corrected chi connectivity index (χ0v) is 12.1. The molecule has 0 fully saturated rings. The number of halogens is 2. The molecule has 1 heterocycles. The van der Waals surface area contributed by atoms with Gasteiger partial charge in [-0.1, -0.05) is 47.5 Å². The monoisotopic (exact) mass is 306 g/mol. The molecule has 0 saturated carbocycles. The quantitative estimate of drug-likeness (QED) is 0.816. The SMILES string of the molecule is Nc1cc(C(=O)N2Cc3ccccc3C2)cc(Cl)c1Cl. The van der Waals surface area contributed by atoms with E-state index in [0.717, 1.165) is 0 Å². The summed E-state index contributed by atoms with van der Waals surface area (Å²) in [6.45, 7) is 1.21. The molecule has 0 spiro atoms. The third-order valence-corrected chi connectivity index (χ3v) is 4.25. The van der Waals surface area contributed by atoms with Gasteiger partial charge in [0.25, 0.3) is 5.91 Å². The molecule has 1 amide bonds. The van der Waals surface area contributed by atoms with E-state index in [2.05, 4.69) is 0 Å². The zero-order chi connectivity index (χ0) is 14.3. The summed E-state index contributed by atoms with van der Waals surface area (Å²) in [4.78, 5) is 14.3. The van der Waals surface area contributed by atoms with E-state index in [1.165, 1.54) is 11.1 Å². The number of anilines is 1. The van der Waals surface area contributed by atoms with Crippen LogP contribution in [-0.4, -0.2) is 10.8 Å². The fourth-order valence-corrected chi connectivity index (χ4v) is 2.73. The van der Waals surface area contributed by atoms with Crippen LogP contribution in [0.3, 0.4) is 0 Å². The number of amides is 1. The van der Waals surface area contributed by atoms with Gasteiger partial charge in [0.1, 0.15) is 0 Å². The Kier molecular flexibility index (Phi) is 3.32. The molecular formula is C15H12Cl2N2O. The molecule has 0 aromatic heterocycles. The normalized spacial score (nSPS) is 13.4. The predicted molar refractivity (Wildman–Crippen MR) is 80.9 cm³/mol. The molecule has 20 heavy (non-hydrogen) atoms. The van der Waals surface area contributed by atoms with Gasteiger partial charge in [0.05, 0.1) is 15.7 Å². The highest BCUT2D eigenvalue weighted by Gasteiger charge is 2.24. The lowest BCUT2D eigenvalue weighted by atomic mass is 10.1. The van der Waals surface area contributed by atoms with Gasteiger partial charge in [-0.15, -0.1) is 0 Å². The number of benzene rings is 2. The average Bonchev–Trinajstić information content (AvgIpc) is 2.87. The van der Waals surface area contributed by atoms with Crippen molar-refractivity contribution in [2.45, 2.75) is 13.1 Å². The van der Waals surface area contributed by atoms with Gasteiger partial charge in [0.15, 0.2) is 0 Å². The van der Waals surface area contributed by atoms with E-state index in [9.17, 15) is 4.79 Å². The molecule has 2 aromatic rings. The molecule has 2 N–H and O–H groups in total. The fourth-order valence-electron chi connectivity index (χ4n) is 2.39. The van der Waals surface area contributed by atoms with Crippen LogP contribution >= 0.6 is 23.2 Å². The van der Waals surface area contributed by atoms with E-state index in [0.29, 0.717) is 29.4 Å². The molecule has 0 aliphatic carbocycles. The third kappa shape index (κ3) is 2.23. The third-order valence-electron chi connectivity index (χ3n) is 3.43. The molecule has 3 nitrogen and oxygen atoms in total. The van der Waals surface area contributed by atoms with Crippen LogP contribution < -0.4 is 5.73 Å². The summed E-state index contributed by atoms with van der Waals surface area (Å²) in [6.07, 6.45) is 0. The number of fused-ring (bicyclic) bond motifs is 1. The van der Waals surface area contributed by atoms with Gasteiger partial charge >= 0.3 is 0 Å². The summed E-state index contributed by atoms with van der Waals surface area (Å²) in [5, 5.41) is 0.583. The topological polar surface area (TPSA) is 46.3 Å². The molecule has 1 aliphatic heterocycles. The van der Waals surface area contributed by atoms with Gasteiger partial charge in [0, 0.05) is 18.7 Å². The van der Waals surface area contributed by atoms with Gasteiger partial charge in [0.2, 0.25) is 0 Å². The number of hydrogen-bond acceptors (Lipinski definition) is 2. The molecule has 102 valence electrons. The maximum atomic E-state index is 12.5. The summed E-state index contributed by atoms with van der Waals surface area (Å²) in [5.74, 6) is -0.0912. The lowest BCUT2D eigenvalue weighted by Gasteiger charge is -2.16. The van der Waals surface area contributed by atoms with E-state index in [-0.39, 0.29) is 10.9 Å². The number of nitrogen functional groups attached to an aromatic ring is 1. The Morgan fingerprint density at radius 3 is 2.25 bits per heavy atom. The van der Waals surface area contributed by atoms with E-state index >= 15 is 0 Å². The Bertz CT molecular complexity index is 652. The molecule has 0 bridgehead atoms. The highest BCUT2D eigenvalue weighted by molar-refractivity contribution is 6.43. The summed E-state index contributed by atoms with van der Waals surface area (Å²) in [5.41, 5.74) is 8.89.